The van der Waals surface area contributed by atoms with Crippen molar-refractivity contribution >= 4 is 17.5 Å². The van der Waals surface area contributed by atoms with E-state index >= 15 is 0 Å². The molecule has 0 heterocycles. The maximum absolute atomic E-state index is 12.8. The van der Waals surface area contributed by atoms with Crippen molar-refractivity contribution in [2.75, 3.05) is 6.61 Å². The van der Waals surface area contributed by atoms with E-state index in [2.05, 4.69) is 5.32 Å². The lowest BCUT2D eigenvalue weighted by Crippen LogP contribution is -2.41. The van der Waals surface area contributed by atoms with Gasteiger partial charge in [0.25, 0.3) is 5.91 Å². The van der Waals surface area contributed by atoms with E-state index < -0.39 is 11.7 Å². The van der Waals surface area contributed by atoms with Crippen LogP contribution in [0.3, 0.4) is 0 Å². The second-order valence-corrected chi connectivity index (χ2v) is 4.54. The molecule has 0 bridgehead atoms. The summed E-state index contributed by atoms with van der Waals surface area (Å²) >= 11 is 5.77. The fourth-order valence-corrected chi connectivity index (χ4v) is 1.60. The van der Waals surface area contributed by atoms with Gasteiger partial charge in [0, 0.05) is 0 Å². The Balaban J connectivity index is 2.82. The van der Waals surface area contributed by atoms with Gasteiger partial charge in [0.2, 0.25) is 0 Å². The van der Waals surface area contributed by atoms with Crippen LogP contribution in [0.1, 0.15) is 24.2 Å². The predicted molar refractivity (Wildman–Crippen MR) is 64.6 cm³/mol. The topological polar surface area (TPSA) is 49.3 Å². The zero-order valence-electron chi connectivity index (χ0n) is 9.71. The molecule has 5 heteroatoms. The number of rotatable bonds is 4. The highest BCUT2D eigenvalue weighted by molar-refractivity contribution is 6.33. The van der Waals surface area contributed by atoms with Crippen LogP contribution in [0, 0.1) is 11.7 Å². The summed E-state index contributed by atoms with van der Waals surface area (Å²) in [6, 6.07) is 3.23. The first-order chi connectivity index (χ1) is 7.95. The molecule has 0 radical (unpaired) electrons. The van der Waals surface area contributed by atoms with Crippen molar-refractivity contribution in [1.82, 2.24) is 5.32 Å². The van der Waals surface area contributed by atoms with E-state index in [1.165, 1.54) is 12.1 Å². The second kappa shape index (κ2) is 5.98. The molecule has 0 aliphatic rings. The Bertz CT molecular complexity index is 409. The molecular weight excluding hydrogens is 245 g/mol. The number of aliphatic hydroxyl groups excluding tert-OH is 1. The molecule has 1 aromatic rings. The van der Waals surface area contributed by atoms with E-state index in [1.807, 2.05) is 13.8 Å². The molecule has 1 amide bonds. The Morgan fingerprint density at radius 3 is 2.65 bits per heavy atom. The molecule has 0 aromatic heterocycles. The lowest BCUT2D eigenvalue weighted by Gasteiger charge is -2.20. The van der Waals surface area contributed by atoms with Crippen molar-refractivity contribution in [3.8, 4) is 0 Å². The Morgan fingerprint density at radius 2 is 2.18 bits per heavy atom. The Hall–Kier alpha value is -1.13. The summed E-state index contributed by atoms with van der Waals surface area (Å²) in [5, 5.41) is 11.8. The smallest absolute Gasteiger partial charge is 0.253 e. The van der Waals surface area contributed by atoms with Crippen molar-refractivity contribution in [1.29, 1.82) is 0 Å². The maximum atomic E-state index is 12.8. The van der Waals surface area contributed by atoms with Gasteiger partial charge in [0.05, 0.1) is 23.2 Å². The summed E-state index contributed by atoms with van der Waals surface area (Å²) in [6.07, 6.45) is 0. The molecule has 0 spiro atoms. The van der Waals surface area contributed by atoms with Crippen molar-refractivity contribution in [2.45, 2.75) is 19.9 Å². The van der Waals surface area contributed by atoms with Gasteiger partial charge in [-0.3, -0.25) is 4.79 Å². The summed E-state index contributed by atoms with van der Waals surface area (Å²) < 4.78 is 12.8. The van der Waals surface area contributed by atoms with Gasteiger partial charge in [-0.05, 0) is 24.1 Å². The largest absolute Gasteiger partial charge is 0.394 e. The van der Waals surface area contributed by atoms with Crippen LogP contribution in [0.25, 0.3) is 0 Å². The highest BCUT2D eigenvalue weighted by Gasteiger charge is 2.18. The molecule has 94 valence electrons. The first-order valence-corrected chi connectivity index (χ1v) is 5.70. The molecule has 1 rings (SSSR count). The van der Waals surface area contributed by atoms with E-state index in [0.29, 0.717) is 0 Å². The highest BCUT2D eigenvalue weighted by Crippen LogP contribution is 2.17. The minimum Gasteiger partial charge on any atom is -0.394 e. The van der Waals surface area contributed by atoms with Crippen LogP contribution in [0.15, 0.2) is 18.2 Å². The third-order valence-corrected chi connectivity index (χ3v) is 2.81. The van der Waals surface area contributed by atoms with Crippen LogP contribution >= 0.6 is 11.6 Å². The number of carbonyl (C=O) groups excluding carboxylic acids is 1. The number of hydrogen-bond acceptors (Lipinski definition) is 2. The van der Waals surface area contributed by atoms with Crippen molar-refractivity contribution < 1.29 is 14.3 Å². The van der Waals surface area contributed by atoms with Crippen LogP contribution < -0.4 is 5.32 Å². The zero-order chi connectivity index (χ0) is 13.0. The Morgan fingerprint density at radius 1 is 1.53 bits per heavy atom. The van der Waals surface area contributed by atoms with Gasteiger partial charge < -0.3 is 10.4 Å². The SMILES string of the molecule is CC(C)C(CO)NC(=O)c1ccc(F)cc1Cl. The van der Waals surface area contributed by atoms with Gasteiger partial charge in [0.15, 0.2) is 0 Å². The van der Waals surface area contributed by atoms with Crippen molar-refractivity contribution in [3.63, 3.8) is 0 Å². The monoisotopic (exact) mass is 259 g/mol. The van der Waals surface area contributed by atoms with Gasteiger partial charge in [-0.15, -0.1) is 0 Å². The highest BCUT2D eigenvalue weighted by atomic mass is 35.5. The predicted octanol–water partition coefficient (Wildman–Crippen LogP) is 2.23. The van der Waals surface area contributed by atoms with E-state index in [1.54, 1.807) is 0 Å². The Labute approximate surface area is 105 Å². The van der Waals surface area contributed by atoms with E-state index in [4.69, 9.17) is 16.7 Å². The molecule has 1 atom stereocenters. The summed E-state index contributed by atoms with van der Waals surface area (Å²) in [5.74, 6) is -0.806. The molecule has 1 unspecified atom stereocenters. The van der Waals surface area contributed by atoms with Crippen LogP contribution in [-0.4, -0.2) is 23.7 Å². The number of halogens is 2. The fraction of sp³-hybridized carbons (Fsp3) is 0.417. The van der Waals surface area contributed by atoms with Crippen LogP contribution in [-0.2, 0) is 0 Å². The average molecular weight is 260 g/mol. The van der Waals surface area contributed by atoms with E-state index in [-0.39, 0.29) is 29.2 Å². The van der Waals surface area contributed by atoms with Gasteiger partial charge in [-0.2, -0.15) is 0 Å². The molecular formula is C12H15ClFNO2. The van der Waals surface area contributed by atoms with Crippen molar-refractivity contribution in [3.05, 3.63) is 34.6 Å². The Kier molecular flexibility index (Phi) is 4.90. The minimum atomic E-state index is -0.492. The molecule has 1 aromatic carbocycles. The number of hydrogen-bond donors (Lipinski definition) is 2. The lowest BCUT2D eigenvalue weighted by atomic mass is 10.0. The third kappa shape index (κ3) is 3.68. The summed E-state index contributed by atoms with van der Waals surface area (Å²) in [4.78, 5) is 11.8. The molecule has 3 nitrogen and oxygen atoms in total. The number of aliphatic hydroxyl groups is 1. The standard InChI is InChI=1S/C12H15ClFNO2/c1-7(2)11(6-16)15-12(17)9-4-3-8(14)5-10(9)13/h3-5,7,11,16H,6H2,1-2H3,(H,15,17). The average Bonchev–Trinajstić information content (AvgIpc) is 2.24. The number of benzene rings is 1. The molecule has 0 saturated carbocycles. The number of nitrogens with one attached hydrogen (secondary N) is 1. The summed E-state index contributed by atoms with van der Waals surface area (Å²) in [6.45, 7) is 3.61. The second-order valence-electron chi connectivity index (χ2n) is 4.13. The molecule has 2 N–H and O–H groups in total. The normalized spacial score (nSPS) is 12.6. The van der Waals surface area contributed by atoms with Gasteiger partial charge in [-0.25, -0.2) is 4.39 Å². The molecule has 0 aliphatic carbocycles. The molecule has 17 heavy (non-hydrogen) atoms. The molecule has 0 saturated heterocycles. The van der Waals surface area contributed by atoms with Crippen LogP contribution in [0.5, 0.6) is 0 Å². The zero-order valence-corrected chi connectivity index (χ0v) is 10.5. The maximum Gasteiger partial charge on any atom is 0.253 e. The van der Waals surface area contributed by atoms with Crippen LogP contribution in [0.2, 0.25) is 5.02 Å². The summed E-state index contributed by atoms with van der Waals surface area (Å²) in [7, 11) is 0. The van der Waals surface area contributed by atoms with E-state index in [0.717, 1.165) is 6.07 Å². The minimum absolute atomic E-state index is 0.0583. The van der Waals surface area contributed by atoms with Gasteiger partial charge in [0.1, 0.15) is 5.82 Å². The summed E-state index contributed by atoms with van der Waals surface area (Å²) in [5.41, 5.74) is 0.201. The number of carbonyl (C=O) groups is 1. The molecule has 0 aliphatic heterocycles. The van der Waals surface area contributed by atoms with Gasteiger partial charge in [-0.1, -0.05) is 25.4 Å². The van der Waals surface area contributed by atoms with E-state index in [9.17, 15) is 9.18 Å². The van der Waals surface area contributed by atoms with Crippen molar-refractivity contribution in [2.24, 2.45) is 5.92 Å². The van der Waals surface area contributed by atoms with Crippen LogP contribution in [0.4, 0.5) is 4.39 Å². The quantitative estimate of drug-likeness (QED) is 0.871. The lowest BCUT2D eigenvalue weighted by molar-refractivity contribution is 0.0897. The third-order valence-electron chi connectivity index (χ3n) is 2.49. The first-order valence-electron chi connectivity index (χ1n) is 5.32. The first kappa shape index (κ1) is 13.9. The van der Waals surface area contributed by atoms with Gasteiger partial charge >= 0.3 is 0 Å². The number of amides is 1. The fourth-order valence-electron chi connectivity index (χ4n) is 1.34. The molecule has 0 fully saturated rings.